The minimum Gasteiger partial charge on any atom is -0.372 e. The van der Waals surface area contributed by atoms with Crippen molar-refractivity contribution in [2.75, 3.05) is 20.2 Å². The van der Waals surface area contributed by atoms with E-state index in [-0.39, 0.29) is 17.8 Å². The van der Waals surface area contributed by atoms with E-state index in [4.69, 9.17) is 4.74 Å². The fourth-order valence-electron chi connectivity index (χ4n) is 1.93. The van der Waals surface area contributed by atoms with Crippen LogP contribution in [-0.4, -0.2) is 26.3 Å². The third kappa shape index (κ3) is 3.93. The van der Waals surface area contributed by atoms with E-state index in [0.29, 0.717) is 6.61 Å². The lowest BCUT2D eigenvalue weighted by Crippen LogP contribution is -2.31. The molecule has 0 bridgehead atoms. The van der Waals surface area contributed by atoms with Gasteiger partial charge in [-0.15, -0.1) is 0 Å². The number of hydrogen-bond acceptors (Lipinski definition) is 2. The van der Waals surface area contributed by atoms with E-state index >= 15 is 0 Å². The molecule has 0 saturated carbocycles. The largest absolute Gasteiger partial charge is 0.372 e. The Morgan fingerprint density at radius 1 is 1.65 bits per heavy atom. The van der Waals surface area contributed by atoms with Crippen molar-refractivity contribution in [3.63, 3.8) is 0 Å². The van der Waals surface area contributed by atoms with Crippen LogP contribution in [-0.2, 0) is 4.74 Å². The highest BCUT2D eigenvalue weighted by Gasteiger charge is 2.19. The molecule has 0 aromatic carbocycles. The van der Waals surface area contributed by atoms with E-state index in [9.17, 15) is 4.39 Å². The molecule has 1 rings (SSSR count). The standard InChI is InChI=1S/C14H24FNO/c1-5-10(2)13(15)8-12-6-7-17-14(9-16-4)11(12)3/h8,10,14,16H,5-7,9H2,1-4H3/b13-8+. The predicted molar refractivity (Wildman–Crippen MR) is 69.6 cm³/mol. The molecule has 0 fully saturated rings. The average Bonchev–Trinajstić information content (AvgIpc) is 2.33. The number of hydrogen-bond donors (Lipinski definition) is 1. The van der Waals surface area contributed by atoms with Crippen LogP contribution >= 0.6 is 0 Å². The van der Waals surface area contributed by atoms with E-state index in [1.54, 1.807) is 6.08 Å². The van der Waals surface area contributed by atoms with Gasteiger partial charge in [0.25, 0.3) is 0 Å². The first-order chi connectivity index (χ1) is 8.10. The van der Waals surface area contributed by atoms with Gasteiger partial charge >= 0.3 is 0 Å². The summed E-state index contributed by atoms with van der Waals surface area (Å²) in [4.78, 5) is 0. The fraction of sp³-hybridized carbons (Fsp3) is 0.714. The summed E-state index contributed by atoms with van der Waals surface area (Å²) < 4.78 is 19.5. The smallest absolute Gasteiger partial charge is 0.103 e. The first-order valence-electron chi connectivity index (χ1n) is 6.43. The molecule has 17 heavy (non-hydrogen) atoms. The van der Waals surface area contributed by atoms with Crippen molar-refractivity contribution < 1.29 is 9.13 Å². The quantitative estimate of drug-likeness (QED) is 0.798. The van der Waals surface area contributed by atoms with Crippen LogP contribution in [0.4, 0.5) is 4.39 Å². The predicted octanol–water partition coefficient (Wildman–Crippen LogP) is 3.21. The second kappa shape index (κ2) is 6.92. The molecule has 2 unspecified atom stereocenters. The molecule has 0 aromatic rings. The summed E-state index contributed by atoms with van der Waals surface area (Å²) in [6.07, 6.45) is 3.46. The van der Waals surface area contributed by atoms with Crippen molar-refractivity contribution in [1.82, 2.24) is 5.32 Å². The molecule has 1 aliphatic rings. The summed E-state index contributed by atoms with van der Waals surface area (Å²) in [6, 6.07) is 0. The molecule has 1 N–H and O–H groups in total. The van der Waals surface area contributed by atoms with Gasteiger partial charge in [0.15, 0.2) is 0 Å². The zero-order chi connectivity index (χ0) is 12.8. The van der Waals surface area contributed by atoms with Crippen LogP contribution in [0.25, 0.3) is 0 Å². The van der Waals surface area contributed by atoms with Crippen LogP contribution in [0.5, 0.6) is 0 Å². The van der Waals surface area contributed by atoms with Gasteiger partial charge in [-0.25, -0.2) is 4.39 Å². The molecule has 3 heteroatoms. The van der Waals surface area contributed by atoms with Gasteiger partial charge < -0.3 is 10.1 Å². The van der Waals surface area contributed by atoms with Gasteiger partial charge in [0.2, 0.25) is 0 Å². The topological polar surface area (TPSA) is 21.3 Å². The molecule has 2 nitrogen and oxygen atoms in total. The average molecular weight is 241 g/mol. The number of halogens is 1. The van der Waals surface area contributed by atoms with Crippen molar-refractivity contribution in [1.29, 1.82) is 0 Å². The van der Waals surface area contributed by atoms with Crippen molar-refractivity contribution >= 4 is 0 Å². The molecule has 1 aliphatic heterocycles. The monoisotopic (exact) mass is 241 g/mol. The second-order valence-electron chi connectivity index (χ2n) is 4.71. The third-order valence-corrected chi connectivity index (χ3v) is 3.46. The highest BCUT2D eigenvalue weighted by molar-refractivity contribution is 5.31. The van der Waals surface area contributed by atoms with Gasteiger partial charge in [-0.3, -0.25) is 0 Å². The molecular formula is C14H24FNO. The Labute approximate surface area is 104 Å². The molecule has 0 saturated heterocycles. The maximum atomic E-state index is 13.8. The normalized spacial score (nSPS) is 24.1. The molecule has 0 aromatic heterocycles. The maximum Gasteiger partial charge on any atom is 0.103 e. The zero-order valence-electron chi connectivity index (χ0n) is 11.3. The Hall–Kier alpha value is -0.670. The minimum atomic E-state index is -0.00745. The molecule has 0 aliphatic carbocycles. The van der Waals surface area contributed by atoms with Gasteiger partial charge in [0, 0.05) is 12.5 Å². The fourth-order valence-corrected chi connectivity index (χ4v) is 1.93. The number of ether oxygens (including phenoxy) is 1. The summed E-state index contributed by atoms with van der Waals surface area (Å²) in [7, 11) is 1.90. The first kappa shape index (κ1) is 14.4. The Balaban J connectivity index is 2.84. The lowest BCUT2D eigenvalue weighted by Gasteiger charge is -2.26. The lowest BCUT2D eigenvalue weighted by atomic mass is 9.96. The van der Waals surface area contributed by atoms with Crippen LogP contribution in [0, 0.1) is 5.92 Å². The first-order valence-corrected chi connectivity index (χ1v) is 6.43. The molecule has 0 spiro atoms. The summed E-state index contributed by atoms with van der Waals surface area (Å²) in [5.74, 6) is 0.00727. The molecule has 2 atom stereocenters. The van der Waals surface area contributed by atoms with Crippen molar-refractivity contribution in [2.45, 2.75) is 39.7 Å². The third-order valence-electron chi connectivity index (χ3n) is 3.46. The Morgan fingerprint density at radius 3 is 2.94 bits per heavy atom. The molecule has 1 heterocycles. The van der Waals surface area contributed by atoms with Crippen LogP contribution in [0.3, 0.4) is 0 Å². The summed E-state index contributed by atoms with van der Waals surface area (Å²) in [5, 5.41) is 3.10. The number of rotatable bonds is 5. The molecular weight excluding hydrogens is 217 g/mol. The minimum absolute atomic E-state index is 0.00745. The van der Waals surface area contributed by atoms with Gasteiger partial charge in [-0.1, -0.05) is 13.8 Å². The second-order valence-corrected chi connectivity index (χ2v) is 4.71. The van der Waals surface area contributed by atoms with E-state index in [1.807, 2.05) is 27.8 Å². The molecule has 0 radical (unpaired) electrons. The van der Waals surface area contributed by atoms with Crippen molar-refractivity contribution in [2.24, 2.45) is 5.92 Å². The lowest BCUT2D eigenvalue weighted by molar-refractivity contribution is 0.0695. The molecule has 98 valence electrons. The molecule has 0 amide bonds. The summed E-state index contributed by atoms with van der Waals surface area (Å²) in [5.41, 5.74) is 2.26. The highest BCUT2D eigenvalue weighted by Crippen LogP contribution is 2.25. The van der Waals surface area contributed by atoms with Gasteiger partial charge in [-0.2, -0.15) is 0 Å². The van der Waals surface area contributed by atoms with E-state index in [0.717, 1.165) is 30.5 Å². The van der Waals surface area contributed by atoms with E-state index in [1.165, 1.54) is 0 Å². The maximum absolute atomic E-state index is 13.8. The van der Waals surface area contributed by atoms with Crippen LogP contribution in [0.1, 0.15) is 33.6 Å². The van der Waals surface area contributed by atoms with E-state index in [2.05, 4.69) is 5.32 Å². The van der Waals surface area contributed by atoms with Crippen LogP contribution in [0.2, 0.25) is 0 Å². The van der Waals surface area contributed by atoms with Crippen molar-refractivity contribution in [3.05, 3.63) is 23.0 Å². The summed E-state index contributed by atoms with van der Waals surface area (Å²) in [6.45, 7) is 7.44. The SMILES string of the molecule is CCC(C)/C(F)=C\C1=C(C)C(CNC)OCC1. The summed E-state index contributed by atoms with van der Waals surface area (Å²) >= 11 is 0. The number of nitrogens with one attached hydrogen (secondary N) is 1. The van der Waals surface area contributed by atoms with Crippen molar-refractivity contribution in [3.8, 4) is 0 Å². The van der Waals surface area contributed by atoms with Gasteiger partial charge in [0.05, 0.1) is 12.7 Å². The van der Waals surface area contributed by atoms with E-state index < -0.39 is 0 Å². The number of allylic oxidation sites excluding steroid dienone is 2. The highest BCUT2D eigenvalue weighted by atomic mass is 19.1. The van der Waals surface area contributed by atoms with Crippen LogP contribution in [0.15, 0.2) is 23.0 Å². The Kier molecular flexibility index (Phi) is 5.86. The van der Waals surface area contributed by atoms with Crippen LogP contribution < -0.4 is 5.32 Å². The number of likely N-dealkylation sites (N-methyl/N-ethyl adjacent to an activating group) is 1. The Bertz CT molecular complexity index is 309. The zero-order valence-corrected chi connectivity index (χ0v) is 11.3. The van der Waals surface area contributed by atoms with Gasteiger partial charge in [-0.05, 0) is 44.0 Å². The Morgan fingerprint density at radius 2 is 2.35 bits per heavy atom. The van der Waals surface area contributed by atoms with Gasteiger partial charge in [0.1, 0.15) is 5.83 Å².